The lowest BCUT2D eigenvalue weighted by atomic mass is 10.2. The number of nitrogens with zero attached hydrogens (tertiary/aromatic N) is 2. The SMILES string of the molecule is CN(CC(=O)Nc1ccc(Cl)c(Cl)c1)C(=O)c1ccc(C(F)(F)F)nc1. The van der Waals surface area contributed by atoms with Gasteiger partial charge in [-0.1, -0.05) is 23.2 Å². The highest BCUT2D eigenvalue weighted by Gasteiger charge is 2.32. The number of hydrogen-bond donors (Lipinski definition) is 1. The molecule has 2 rings (SSSR count). The van der Waals surface area contributed by atoms with Crippen molar-refractivity contribution in [3.05, 3.63) is 57.8 Å². The van der Waals surface area contributed by atoms with Crippen molar-refractivity contribution in [3.63, 3.8) is 0 Å². The Morgan fingerprint density at radius 1 is 1.15 bits per heavy atom. The molecule has 0 fully saturated rings. The van der Waals surface area contributed by atoms with E-state index in [4.69, 9.17) is 23.2 Å². The number of rotatable bonds is 4. The first-order chi connectivity index (χ1) is 12.1. The smallest absolute Gasteiger partial charge is 0.332 e. The average Bonchev–Trinajstić information content (AvgIpc) is 2.56. The number of aromatic nitrogens is 1. The topological polar surface area (TPSA) is 62.3 Å². The van der Waals surface area contributed by atoms with Crippen molar-refractivity contribution < 1.29 is 22.8 Å². The molecule has 10 heteroatoms. The zero-order chi connectivity index (χ0) is 19.5. The van der Waals surface area contributed by atoms with Gasteiger partial charge in [-0.25, -0.2) is 0 Å². The van der Waals surface area contributed by atoms with E-state index in [1.54, 1.807) is 0 Å². The Morgan fingerprint density at radius 3 is 2.38 bits per heavy atom. The van der Waals surface area contributed by atoms with Crippen LogP contribution in [-0.2, 0) is 11.0 Å². The van der Waals surface area contributed by atoms with Gasteiger partial charge in [0.25, 0.3) is 5.91 Å². The Hall–Kier alpha value is -2.32. The van der Waals surface area contributed by atoms with Crippen molar-refractivity contribution >= 4 is 40.7 Å². The van der Waals surface area contributed by atoms with Gasteiger partial charge in [0, 0.05) is 18.9 Å². The lowest BCUT2D eigenvalue weighted by Gasteiger charge is -2.17. The van der Waals surface area contributed by atoms with Crippen LogP contribution in [0.15, 0.2) is 36.5 Å². The fourth-order valence-corrected chi connectivity index (χ4v) is 2.27. The lowest BCUT2D eigenvalue weighted by Crippen LogP contribution is -2.35. The summed E-state index contributed by atoms with van der Waals surface area (Å²) in [6.45, 7) is -0.319. The Morgan fingerprint density at radius 2 is 1.85 bits per heavy atom. The summed E-state index contributed by atoms with van der Waals surface area (Å²) < 4.78 is 37.4. The second-order valence-electron chi connectivity index (χ2n) is 5.27. The van der Waals surface area contributed by atoms with Crippen LogP contribution in [0.25, 0.3) is 0 Å². The molecule has 1 aromatic carbocycles. The van der Waals surface area contributed by atoms with Crippen LogP contribution in [0.2, 0.25) is 10.0 Å². The van der Waals surface area contributed by atoms with Crippen molar-refractivity contribution in [1.82, 2.24) is 9.88 Å². The molecule has 1 aromatic heterocycles. The van der Waals surface area contributed by atoms with Gasteiger partial charge in [-0.3, -0.25) is 14.6 Å². The molecule has 0 bridgehead atoms. The molecule has 0 spiro atoms. The van der Waals surface area contributed by atoms with Gasteiger partial charge in [-0.05, 0) is 30.3 Å². The van der Waals surface area contributed by atoms with E-state index in [0.29, 0.717) is 16.8 Å². The van der Waals surface area contributed by atoms with E-state index in [0.717, 1.165) is 17.2 Å². The standard InChI is InChI=1S/C16H12Cl2F3N3O2/c1-24(8-14(25)23-10-3-4-11(17)12(18)6-10)15(26)9-2-5-13(22-7-9)16(19,20)21/h2-7H,8H2,1H3,(H,23,25). The highest BCUT2D eigenvalue weighted by Crippen LogP contribution is 2.27. The monoisotopic (exact) mass is 405 g/mol. The third-order valence-electron chi connectivity index (χ3n) is 3.23. The fourth-order valence-electron chi connectivity index (χ4n) is 1.97. The number of halogens is 5. The highest BCUT2D eigenvalue weighted by atomic mass is 35.5. The molecule has 2 amide bonds. The van der Waals surface area contributed by atoms with Gasteiger partial charge in [-0.15, -0.1) is 0 Å². The van der Waals surface area contributed by atoms with Crippen LogP contribution in [0.3, 0.4) is 0 Å². The Kier molecular flexibility index (Phi) is 6.09. The van der Waals surface area contributed by atoms with Crippen LogP contribution in [0, 0.1) is 0 Å². The molecule has 0 saturated carbocycles. The quantitative estimate of drug-likeness (QED) is 0.831. The second-order valence-corrected chi connectivity index (χ2v) is 6.08. The van der Waals surface area contributed by atoms with Crippen LogP contribution in [-0.4, -0.2) is 35.3 Å². The van der Waals surface area contributed by atoms with E-state index in [-0.39, 0.29) is 17.1 Å². The van der Waals surface area contributed by atoms with Gasteiger partial charge >= 0.3 is 6.18 Å². The minimum atomic E-state index is -4.59. The maximum atomic E-state index is 12.5. The summed E-state index contributed by atoms with van der Waals surface area (Å²) in [7, 11) is 1.34. The highest BCUT2D eigenvalue weighted by molar-refractivity contribution is 6.42. The lowest BCUT2D eigenvalue weighted by molar-refractivity contribution is -0.141. The molecular weight excluding hydrogens is 394 g/mol. The predicted molar refractivity (Wildman–Crippen MR) is 91.3 cm³/mol. The molecule has 0 atom stereocenters. The molecule has 1 heterocycles. The third kappa shape index (κ3) is 5.09. The van der Waals surface area contributed by atoms with Crippen LogP contribution < -0.4 is 5.32 Å². The number of hydrogen-bond acceptors (Lipinski definition) is 3. The zero-order valence-corrected chi connectivity index (χ0v) is 14.8. The minimum Gasteiger partial charge on any atom is -0.332 e. The van der Waals surface area contributed by atoms with Crippen LogP contribution in [0.4, 0.5) is 18.9 Å². The van der Waals surface area contributed by atoms with E-state index in [9.17, 15) is 22.8 Å². The Bertz CT molecular complexity index is 826. The summed E-state index contributed by atoms with van der Waals surface area (Å²) in [5, 5.41) is 3.12. The van der Waals surface area contributed by atoms with Gasteiger partial charge in [0.1, 0.15) is 5.69 Å². The number of anilines is 1. The Labute approximate surface area is 156 Å². The molecule has 5 nitrogen and oxygen atoms in total. The number of nitrogens with one attached hydrogen (secondary N) is 1. The number of benzene rings is 1. The predicted octanol–water partition coefficient (Wildman–Crippen LogP) is 4.12. The number of carbonyl (C=O) groups is 2. The van der Waals surface area contributed by atoms with Crippen molar-refractivity contribution in [2.24, 2.45) is 0 Å². The van der Waals surface area contributed by atoms with E-state index in [2.05, 4.69) is 10.3 Å². The molecule has 0 aliphatic heterocycles. The maximum absolute atomic E-state index is 12.5. The number of alkyl halides is 3. The van der Waals surface area contributed by atoms with Crippen LogP contribution in [0.1, 0.15) is 16.1 Å². The minimum absolute atomic E-state index is 0.0668. The first-order valence-corrected chi connectivity index (χ1v) is 7.87. The Balaban J connectivity index is 1.99. The van der Waals surface area contributed by atoms with Gasteiger partial charge in [0.05, 0.1) is 22.2 Å². The summed E-state index contributed by atoms with van der Waals surface area (Å²) in [4.78, 5) is 28.4. The average molecular weight is 406 g/mol. The van der Waals surface area contributed by atoms with Gasteiger partial charge < -0.3 is 10.2 Å². The molecular formula is C16H12Cl2F3N3O2. The normalized spacial score (nSPS) is 11.2. The largest absolute Gasteiger partial charge is 0.433 e. The number of amides is 2. The van der Waals surface area contributed by atoms with Crippen molar-refractivity contribution in [1.29, 1.82) is 0 Å². The molecule has 0 radical (unpaired) electrons. The summed E-state index contributed by atoms with van der Waals surface area (Å²) in [6, 6.07) is 6.20. The van der Waals surface area contributed by atoms with E-state index in [1.807, 2.05) is 0 Å². The molecule has 0 aliphatic carbocycles. The van der Waals surface area contributed by atoms with Crippen molar-refractivity contribution in [2.45, 2.75) is 6.18 Å². The van der Waals surface area contributed by atoms with Gasteiger partial charge in [0.2, 0.25) is 5.91 Å². The van der Waals surface area contributed by atoms with Crippen LogP contribution in [0.5, 0.6) is 0 Å². The molecule has 26 heavy (non-hydrogen) atoms. The molecule has 138 valence electrons. The fraction of sp³-hybridized carbons (Fsp3) is 0.188. The van der Waals surface area contributed by atoms with Crippen molar-refractivity contribution in [3.8, 4) is 0 Å². The summed E-state index contributed by atoms with van der Waals surface area (Å²) in [5.74, 6) is -1.16. The van der Waals surface area contributed by atoms with E-state index >= 15 is 0 Å². The van der Waals surface area contributed by atoms with Crippen LogP contribution >= 0.6 is 23.2 Å². The van der Waals surface area contributed by atoms with Crippen molar-refractivity contribution in [2.75, 3.05) is 18.9 Å². The summed E-state index contributed by atoms with van der Waals surface area (Å²) in [5.41, 5.74) is -0.779. The molecule has 2 aromatic rings. The van der Waals surface area contributed by atoms with E-state index < -0.39 is 23.7 Å². The first-order valence-electron chi connectivity index (χ1n) is 7.11. The van der Waals surface area contributed by atoms with E-state index in [1.165, 1.54) is 25.2 Å². The van der Waals surface area contributed by atoms with Gasteiger partial charge in [-0.2, -0.15) is 13.2 Å². The maximum Gasteiger partial charge on any atom is 0.433 e. The summed E-state index contributed by atoms with van der Waals surface area (Å²) in [6.07, 6.45) is -3.77. The first kappa shape index (κ1) is 20.0. The van der Waals surface area contributed by atoms with Gasteiger partial charge in [0.15, 0.2) is 0 Å². The molecule has 0 unspecified atom stereocenters. The molecule has 0 aliphatic rings. The number of pyridine rings is 1. The summed E-state index contributed by atoms with van der Waals surface area (Å²) >= 11 is 11.6. The molecule has 1 N–H and O–H groups in total. The number of carbonyl (C=O) groups excluding carboxylic acids is 2. The molecule has 0 saturated heterocycles. The second kappa shape index (κ2) is 7.92. The third-order valence-corrected chi connectivity index (χ3v) is 3.97. The zero-order valence-electron chi connectivity index (χ0n) is 13.3. The number of likely N-dealkylation sites (N-methyl/N-ethyl adjacent to an activating group) is 1.